The van der Waals surface area contributed by atoms with Crippen molar-refractivity contribution in [1.82, 2.24) is 20.2 Å². The van der Waals surface area contributed by atoms with Gasteiger partial charge in [-0.2, -0.15) is 5.26 Å². The number of aromatic amines is 1. The van der Waals surface area contributed by atoms with Crippen molar-refractivity contribution in [3.05, 3.63) is 63.1 Å². The van der Waals surface area contributed by atoms with Crippen LogP contribution in [0.5, 0.6) is 0 Å². The zero-order valence-corrected chi connectivity index (χ0v) is 30.6. The predicted octanol–water partition coefficient (Wildman–Crippen LogP) is 8.44. The van der Waals surface area contributed by atoms with Crippen LogP contribution in [0.3, 0.4) is 0 Å². The smallest absolute Gasteiger partial charge is 0.226 e. The van der Waals surface area contributed by atoms with E-state index in [0.717, 1.165) is 86.8 Å². The molecule has 4 aliphatic heterocycles. The SMILES string of the molecule is C1NC2CC1C2.Cc1nc2c(F)c(-c3cccc(Cl)c3Cl)c(CCC#N)cc2c2[nH]c(C3CCCN3C(=O)C3CC3)cc12.OCC1CCOCC1. The number of ether oxygens (including phenoxy) is 1. The van der Waals surface area contributed by atoms with Gasteiger partial charge in [0.2, 0.25) is 5.91 Å². The normalized spacial score (nSPS) is 22.6. The number of pyridine rings is 1. The number of nitrogens with one attached hydrogen (secondary N) is 2. The second-order valence-corrected chi connectivity index (χ2v) is 15.5. The molecular weight excluding hydrogens is 688 g/mol. The quantitative estimate of drug-likeness (QED) is 0.183. The fraction of sp³-hybridized carbons (Fsp3) is 0.525. The summed E-state index contributed by atoms with van der Waals surface area (Å²) in [6.45, 7) is 5.96. The lowest BCUT2D eigenvalue weighted by atomic mass is 9.87. The van der Waals surface area contributed by atoms with Gasteiger partial charge < -0.3 is 25.0 Å². The number of fused-ring (bicyclic) bond motifs is 4. The molecule has 0 spiro atoms. The third kappa shape index (κ3) is 7.63. The molecule has 6 aliphatic rings. The van der Waals surface area contributed by atoms with Gasteiger partial charge in [-0.15, -0.1) is 0 Å². The first-order valence-corrected chi connectivity index (χ1v) is 19.2. The van der Waals surface area contributed by atoms with Gasteiger partial charge in [0.15, 0.2) is 5.82 Å². The van der Waals surface area contributed by atoms with Gasteiger partial charge in [0.1, 0.15) is 5.52 Å². The molecule has 1 unspecified atom stereocenters. The second kappa shape index (κ2) is 15.8. The Labute approximate surface area is 308 Å². The molecular formula is C40H46Cl2FN5O3. The van der Waals surface area contributed by atoms with Gasteiger partial charge in [0.25, 0.3) is 0 Å². The molecule has 2 aromatic carbocycles. The van der Waals surface area contributed by atoms with E-state index in [9.17, 15) is 10.1 Å². The summed E-state index contributed by atoms with van der Waals surface area (Å²) in [4.78, 5) is 23.1. The van der Waals surface area contributed by atoms with Gasteiger partial charge in [-0.05, 0) is 107 Å². The molecule has 10 rings (SSSR count). The Kier molecular flexibility index (Phi) is 11.2. The summed E-state index contributed by atoms with van der Waals surface area (Å²) in [5.74, 6) is 1.53. The Morgan fingerprint density at radius 3 is 2.55 bits per heavy atom. The van der Waals surface area contributed by atoms with E-state index in [4.69, 9.17) is 33.0 Å². The minimum Gasteiger partial charge on any atom is -0.396 e. The molecule has 2 aromatic heterocycles. The van der Waals surface area contributed by atoms with E-state index in [1.54, 1.807) is 18.2 Å². The molecule has 0 radical (unpaired) electrons. The number of aliphatic hydroxyl groups excluding tert-OH is 1. The third-order valence-corrected chi connectivity index (χ3v) is 12.0. The van der Waals surface area contributed by atoms with Crippen molar-refractivity contribution in [3.8, 4) is 17.2 Å². The van der Waals surface area contributed by atoms with Crippen LogP contribution in [0.1, 0.15) is 80.8 Å². The molecule has 6 fully saturated rings. The number of nitrogens with zero attached hydrogens (tertiary/aromatic N) is 3. The number of likely N-dealkylation sites (tertiary alicyclic amines) is 1. The van der Waals surface area contributed by atoms with Crippen LogP contribution in [-0.4, -0.2) is 64.8 Å². The lowest BCUT2D eigenvalue weighted by molar-refractivity contribution is -0.133. The van der Waals surface area contributed by atoms with Crippen LogP contribution in [0.25, 0.3) is 32.9 Å². The Balaban J connectivity index is 0.000000238. The van der Waals surface area contributed by atoms with Crippen molar-refractivity contribution in [3.63, 3.8) is 0 Å². The number of hydrogen-bond donors (Lipinski definition) is 3. The van der Waals surface area contributed by atoms with E-state index in [1.807, 2.05) is 17.9 Å². The molecule has 4 saturated heterocycles. The summed E-state index contributed by atoms with van der Waals surface area (Å²) in [7, 11) is 0. The molecule has 8 nitrogen and oxygen atoms in total. The van der Waals surface area contributed by atoms with Gasteiger partial charge in [-0.25, -0.2) is 9.37 Å². The average molecular weight is 735 g/mol. The van der Waals surface area contributed by atoms with Crippen LogP contribution in [0.4, 0.5) is 4.39 Å². The summed E-state index contributed by atoms with van der Waals surface area (Å²) >= 11 is 12.8. The fourth-order valence-corrected chi connectivity index (χ4v) is 8.39. The van der Waals surface area contributed by atoms with Crippen molar-refractivity contribution in [2.24, 2.45) is 17.8 Å². The zero-order valence-electron chi connectivity index (χ0n) is 29.1. The average Bonchev–Trinajstić information content (AvgIpc) is 3.53. The first-order valence-electron chi connectivity index (χ1n) is 18.4. The predicted molar refractivity (Wildman–Crippen MR) is 199 cm³/mol. The van der Waals surface area contributed by atoms with Gasteiger partial charge >= 0.3 is 0 Å². The number of carbonyl (C=O) groups excluding carboxylic acids is 1. The zero-order chi connectivity index (χ0) is 35.6. The van der Waals surface area contributed by atoms with E-state index < -0.39 is 5.82 Å². The number of halogens is 3. The Morgan fingerprint density at radius 2 is 1.92 bits per heavy atom. The Bertz CT molecular complexity index is 1930. The highest BCUT2D eigenvalue weighted by Gasteiger charge is 2.39. The van der Waals surface area contributed by atoms with E-state index in [1.165, 1.54) is 19.4 Å². The largest absolute Gasteiger partial charge is 0.396 e. The number of hydrogen-bond acceptors (Lipinski definition) is 6. The first-order chi connectivity index (χ1) is 24.8. The van der Waals surface area contributed by atoms with Crippen molar-refractivity contribution in [2.45, 2.75) is 83.2 Å². The summed E-state index contributed by atoms with van der Waals surface area (Å²) in [6, 6.07) is 12.2. The molecule has 3 N–H and O–H groups in total. The van der Waals surface area contributed by atoms with Crippen LogP contribution in [0.2, 0.25) is 10.0 Å². The topological polar surface area (TPSA) is 114 Å². The van der Waals surface area contributed by atoms with E-state index in [2.05, 4.69) is 27.4 Å². The van der Waals surface area contributed by atoms with Crippen LogP contribution in [0, 0.1) is 41.8 Å². The molecule has 270 valence electrons. The molecule has 11 heteroatoms. The summed E-state index contributed by atoms with van der Waals surface area (Å²) in [5.41, 5.74) is 4.17. The van der Waals surface area contributed by atoms with Gasteiger partial charge in [0, 0.05) is 78.0 Å². The van der Waals surface area contributed by atoms with E-state index in [-0.39, 0.29) is 34.8 Å². The Hall–Kier alpha value is -3.26. The number of nitriles is 1. The number of benzene rings is 2. The van der Waals surface area contributed by atoms with E-state index >= 15 is 4.39 Å². The molecule has 6 heterocycles. The number of amides is 1. The highest BCUT2D eigenvalue weighted by molar-refractivity contribution is 6.43. The number of aryl methyl sites for hydroxylation is 2. The van der Waals surface area contributed by atoms with Crippen LogP contribution < -0.4 is 5.32 Å². The molecule has 2 aliphatic carbocycles. The molecule has 1 amide bonds. The maximum Gasteiger partial charge on any atom is 0.226 e. The summed E-state index contributed by atoms with van der Waals surface area (Å²) in [6.07, 6.45) is 9.43. The summed E-state index contributed by atoms with van der Waals surface area (Å²) < 4.78 is 21.4. The molecule has 2 bridgehead atoms. The van der Waals surface area contributed by atoms with Crippen LogP contribution in [0.15, 0.2) is 30.3 Å². The van der Waals surface area contributed by atoms with Gasteiger partial charge in [-0.1, -0.05) is 35.3 Å². The van der Waals surface area contributed by atoms with Crippen LogP contribution >= 0.6 is 23.2 Å². The number of aliphatic hydroxyl groups is 1. The minimum atomic E-state index is -0.484. The molecule has 2 saturated carbocycles. The lowest BCUT2D eigenvalue weighted by Crippen LogP contribution is -2.31. The maximum atomic E-state index is 16.3. The highest BCUT2D eigenvalue weighted by Crippen LogP contribution is 2.43. The molecule has 1 atom stereocenters. The monoisotopic (exact) mass is 733 g/mol. The maximum absolute atomic E-state index is 16.3. The van der Waals surface area contributed by atoms with Crippen molar-refractivity contribution in [2.75, 3.05) is 32.9 Å². The van der Waals surface area contributed by atoms with Crippen LogP contribution in [-0.2, 0) is 16.0 Å². The molecule has 4 aromatic rings. The number of aromatic nitrogens is 2. The van der Waals surface area contributed by atoms with Gasteiger partial charge in [0.05, 0.1) is 27.7 Å². The summed E-state index contributed by atoms with van der Waals surface area (Å²) in [5, 5.41) is 23.5. The first kappa shape index (κ1) is 36.1. The fourth-order valence-electron chi connectivity index (χ4n) is 8.00. The van der Waals surface area contributed by atoms with Gasteiger partial charge in [-0.3, -0.25) is 4.79 Å². The number of rotatable bonds is 6. The minimum absolute atomic E-state index is 0.0117. The second-order valence-electron chi connectivity index (χ2n) is 14.7. The van der Waals surface area contributed by atoms with Crippen molar-refractivity contribution >= 4 is 50.9 Å². The third-order valence-electron chi connectivity index (χ3n) is 11.2. The lowest BCUT2D eigenvalue weighted by Gasteiger charge is -2.24. The van der Waals surface area contributed by atoms with E-state index in [0.29, 0.717) is 51.7 Å². The highest BCUT2D eigenvalue weighted by atomic mass is 35.5. The number of carbonyl (C=O) groups is 1. The molecule has 51 heavy (non-hydrogen) atoms. The van der Waals surface area contributed by atoms with Crippen molar-refractivity contribution < 1.29 is 19.0 Å². The van der Waals surface area contributed by atoms with Crippen molar-refractivity contribution in [1.29, 1.82) is 5.26 Å². The standard InChI is InChI=1S/C29H25Cl2FN4O.C6H12O2.C5H9N/c1-15-19-14-22(23-8-4-12-36(23)29(37)16-9-10-16)35-27(19)20-13-17(5-3-11-33)24(26(32)28(20)34-15)18-6-2-7-21(30)25(18)31;7-5-6-1-3-8-4-2-6;1-4-2-5(1)6-3-4/h2,6-7,13-14,16,23,35H,3-5,8-10,12H2,1H3;6-7H,1-5H2;4-6H,1-3H2. The number of H-pyrrole nitrogens is 1. The Morgan fingerprint density at radius 1 is 1.14 bits per heavy atom.